The summed E-state index contributed by atoms with van der Waals surface area (Å²) in [6.45, 7) is 0. The molecule has 0 heterocycles. The molecule has 1 rings (SSSR count). The Bertz CT molecular complexity index is 317. The monoisotopic (exact) mass is 252 g/mol. The maximum atomic E-state index is 12.8. The molecule has 0 saturated carbocycles. The normalized spacial score (nSPS) is 9.92. The summed E-state index contributed by atoms with van der Waals surface area (Å²) in [4.78, 5) is 10.4. The fourth-order valence-electron chi connectivity index (χ4n) is 0.679. The average Bonchev–Trinajstić information content (AvgIpc) is 1.99. The van der Waals surface area contributed by atoms with Crippen molar-refractivity contribution < 1.29 is 14.3 Å². The zero-order valence-corrected chi connectivity index (χ0v) is 7.99. The van der Waals surface area contributed by atoms with Crippen molar-refractivity contribution in [2.45, 2.75) is 0 Å². The van der Waals surface area contributed by atoms with Crippen molar-refractivity contribution in [3.63, 3.8) is 0 Å². The minimum Gasteiger partial charge on any atom is -0.478 e. The number of carboxylic acids is 1. The highest BCUT2D eigenvalue weighted by atomic mass is 79.9. The number of carbonyl (C=O) groups is 1. The van der Waals surface area contributed by atoms with Gasteiger partial charge in [-0.25, -0.2) is 9.18 Å². The molecule has 0 amide bonds. The van der Waals surface area contributed by atoms with Crippen LogP contribution in [0.3, 0.4) is 0 Å². The van der Waals surface area contributed by atoms with Crippen molar-refractivity contribution in [3.05, 3.63) is 33.0 Å². The Labute approximate surface area is 81.1 Å². The largest absolute Gasteiger partial charge is 0.478 e. The van der Waals surface area contributed by atoms with Crippen molar-refractivity contribution in [2.24, 2.45) is 0 Å². The van der Waals surface area contributed by atoms with E-state index >= 15 is 0 Å². The summed E-state index contributed by atoms with van der Waals surface area (Å²) in [5.41, 5.74) is -0.166. The Balaban J connectivity index is 3.31. The minimum absolute atomic E-state index is 0.0485. The number of halogens is 3. The molecule has 0 aliphatic heterocycles. The van der Waals surface area contributed by atoms with Gasteiger partial charge in [0.1, 0.15) is 5.82 Å². The highest BCUT2D eigenvalue weighted by Gasteiger charge is 2.10. The minimum atomic E-state index is -1.21. The molecule has 0 atom stereocenters. The molecule has 0 fully saturated rings. The Morgan fingerprint density at radius 1 is 1.58 bits per heavy atom. The Morgan fingerprint density at radius 3 is 2.58 bits per heavy atom. The van der Waals surface area contributed by atoms with E-state index < -0.39 is 11.8 Å². The second kappa shape index (κ2) is 3.41. The SMILES string of the molecule is O=C(O)c1cc(F)c(Br)c(Cl)c1. The Kier molecular flexibility index (Phi) is 2.69. The summed E-state index contributed by atoms with van der Waals surface area (Å²) in [6, 6.07) is 2.08. The first-order valence-electron chi connectivity index (χ1n) is 2.90. The smallest absolute Gasteiger partial charge is 0.335 e. The molecule has 0 radical (unpaired) electrons. The number of rotatable bonds is 1. The summed E-state index contributed by atoms with van der Waals surface area (Å²) in [6.07, 6.45) is 0. The van der Waals surface area contributed by atoms with Crippen LogP contribution in [0, 0.1) is 5.82 Å². The van der Waals surface area contributed by atoms with E-state index in [-0.39, 0.29) is 15.1 Å². The van der Waals surface area contributed by atoms with Gasteiger partial charge in [-0.05, 0) is 28.1 Å². The van der Waals surface area contributed by atoms with Crippen molar-refractivity contribution in [2.75, 3.05) is 0 Å². The average molecular weight is 253 g/mol. The summed E-state index contributed by atoms with van der Waals surface area (Å²) in [7, 11) is 0. The molecular formula is C7H3BrClFO2. The standard InChI is InChI=1S/C7H3BrClFO2/c8-6-4(9)1-3(7(11)12)2-5(6)10/h1-2H,(H,11,12). The fourth-order valence-corrected chi connectivity index (χ4v) is 1.12. The molecule has 0 spiro atoms. The Morgan fingerprint density at radius 2 is 2.17 bits per heavy atom. The molecule has 0 unspecified atom stereocenters. The molecule has 0 saturated heterocycles. The first-order valence-corrected chi connectivity index (χ1v) is 4.07. The van der Waals surface area contributed by atoms with Gasteiger partial charge >= 0.3 is 5.97 Å². The summed E-state index contributed by atoms with van der Waals surface area (Å²) in [5, 5.41) is 8.53. The molecule has 0 aliphatic rings. The summed E-state index contributed by atoms with van der Waals surface area (Å²) in [5.74, 6) is -1.89. The van der Waals surface area contributed by atoms with Gasteiger partial charge in [0.05, 0.1) is 15.1 Å². The second-order valence-electron chi connectivity index (χ2n) is 2.06. The van der Waals surface area contributed by atoms with Crippen LogP contribution in [0.1, 0.15) is 10.4 Å². The van der Waals surface area contributed by atoms with E-state index in [2.05, 4.69) is 15.9 Å². The molecule has 1 aromatic carbocycles. The summed E-state index contributed by atoms with van der Waals surface area (Å²) < 4.78 is 12.9. The van der Waals surface area contributed by atoms with Crippen LogP contribution in [0.5, 0.6) is 0 Å². The first kappa shape index (κ1) is 9.48. The van der Waals surface area contributed by atoms with Gasteiger partial charge in [0.2, 0.25) is 0 Å². The highest BCUT2D eigenvalue weighted by molar-refractivity contribution is 9.10. The van der Waals surface area contributed by atoms with Crippen molar-refractivity contribution in [3.8, 4) is 0 Å². The maximum Gasteiger partial charge on any atom is 0.335 e. The Hall–Kier alpha value is -0.610. The number of hydrogen-bond donors (Lipinski definition) is 1. The van der Waals surface area contributed by atoms with Crippen LogP contribution in [-0.2, 0) is 0 Å². The third-order valence-corrected chi connectivity index (χ3v) is 2.56. The first-order chi connectivity index (χ1) is 5.52. The van der Waals surface area contributed by atoms with Gasteiger partial charge in [0.25, 0.3) is 0 Å². The zero-order chi connectivity index (χ0) is 9.30. The molecule has 5 heteroatoms. The number of benzene rings is 1. The van der Waals surface area contributed by atoms with Crippen molar-refractivity contribution in [1.29, 1.82) is 0 Å². The lowest BCUT2D eigenvalue weighted by molar-refractivity contribution is 0.0696. The zero-order valence-electron chi connectivity index (χ0n) is 5.64. The molecule has 0 aromatic heterocycles. The third-order valence-electron chi connectivity index (χ3n) is 1.23. The molecule has 12 heavy (non-hydrogen) atoms. The van der Waals surface area contributed by atoms with Crippen LogP contribution in [0.15, 0.2) is 16.6 Å². The van der Waals surface area contributed by atoms with Crippen molar-refractivity contribution in [1.82, 2.24) is 0 Å². The molecular weight excluding hydrogens is 250 g/mol. The van der Waals surface area contributed by atoms with Crippen LogP contribution in [0.2, 0.25) is 5.02 Å². The van der Waals surface area contributed by atoms with Gasteiger partial charge in [-0.1, -0.05) is 11.6 Å². The van der Waals surface area contributed by atoms with Crippen LogP contribution >= 0.6 is 27.5 Å². The predicted octanol–water partition coefficient (Wildman–Crippen LogP) is 2.94. The van der Waals surface area contributed by atoms with E-state index in [4.69, 9.17) is 16.7 Å². The van der Waals surface area contributed by atoms with Crippen LogP contribution < -0.4 is 0 Å². The lowest BCUT2D eigenvalue weighted by atomic mass is 10.2. The van der Waals surface area contributed by atoms with E-state index in [9.17, 15) is 9.18 Å². The molecule has 2 nitrogen and oxygen atoms in total. The van der Waals surface area contributed by atoms with E-state index in [1.807, 2.05) is 0 Å². The van der Waals surface area contributed by atoms with Crippen LogP contribution in [-0.4, -0.2) is 11.1 Å². The molecule has 64 valence electrons. The second-order valence-corrected chi connectivity index (χ2v) is 3.26. The number of carboxylic acid groups (broad SMARTS) is 1. The number of aromatic carboxylic acids is 1. The van der Waals surface area contributed by atoms with E-state index in [0.29, 0.717) is 0 Å². The molecule has 0 aliphatic carbocycles. The van der Waals surface area contributed by atoms with E-state index in [0.717, 1.165) is 6.07 Å². The maximum absolute atomic E-state index is 12.8. The lowest BCUT2D eigenvalue weighted by Crippen LogP contribution is -1.97. The predicted molar refractivity (Wildman–Crippen MR) is 46.1 cm³/mol. The topological polar surface area (TPSA) is 37.3 Å². The molecule has 0 bridgehead atoms. The van der Waals surface area contributed by atoms with E-state index in [1.54, 1.807) is 0 Å². The molecule has 1 N–H and O–H groups in total. The van der Waals surface area contributed by atoms with Gasteiger partial charge in [-0.15, -0.1) is 0 Å². The van der Waals surface area contributed by atoms with Gasteiger partial charge in [-0.2, -0.15) is 0 Å². The number of hydrogen-bond acceptors (Lipinski definition) is 1. The van der Waals surface area contributed by atoms with Gasteiger partial charge in [0.15, 0.2) is 0 Å². The van der Waals surface area contributed by atoms with Gasteiger partial charge in [-0.3, -0.25) is 0 Å². The molecule has 1 aromatic rings. The van der Waals surface area contributed by atoms with Gasteiger partial charge < -0.3 is 5.11 Å². The highest BCUT2D eigenvalue weighted by Crippen LogP contribution is 2.26. The quantitative estimate of drug-likeness (QED) is 0.781. The van der Waals surface area contributed by atoms with Crippen LogP contribution in [0.4, 0.5) is 4.39 Å². The van der Waals surface area contributed by atoms with E-state index in [1.165, 1.54) is 6.07 Å². The summed E-state index contributed by atoms with van der Waals surface area (Å²) >= 11 is 8.38. The third kappa shape index (κ3) is 1.76. The van der Waals surface area contributed by atoms with Crippen molar-refractivity contribution >= 4 is 33.5 Å². The lowest BCUT2D eigenvalue weighted by Gasteiger charge is -1.99. The van der Waals surface area contributed by atoms with Gasteiger partial charge in [0, 0.05) is 0 Å². The fraction of sp³-hybridized carbons (Fsp3) is 0. The van der Waals surface area contributed by atoms with Crippen LogP contribution in [0.25, 0.3) is 0 Å².